The molecule has 0 radical (unpaired) electrons. The number of para-hydroxylation sites is 2. The molecule has 2 aromatic carbocycles. The quantitative estimate of drug-likeness (QED) is 0.766. The molecule has 0 unspecified atom stereocenters. The predicted octanol–water partition coefficient (Wildman–Crippen LogP) is 4.22. The number of anilines is 2. The Morgan fingerprint density at radius 1 is 1.21 bits per heavy atom. The lowest BCUT2D eigenvalue weighted by atomic mass is 10.3. The molecule has 1 aromatic heterocycles. The van der Waals surface area contributed by atoms with Gasteiger partial charge in [-0.1, -0.05) is 28.1 Å². The number of imidazole rings is 1. The van der Waals surface area contributed by atoms with Gasteiger partial charge in [-0.05, 0) is 30.3 Å². The molecular weight excluding hydrogens is 309 g/mol. The Balaban J connectivity index is 2.06. The molecule has 0 saturated heterocycles. The number of nitrogens with one attached hydrogen (secondary N) is 1. The number of aromatic nitrogens is 2. The number of nitrogens with zero attached hydrogens (tertiary/aromatic N) is 2. The average molecular weight is 320 g/mol. The molecule has 0 bridgehead atoms. The Labute approximate surface area is 118 Å². The first-order valence-electron chi connectivity index (χ1n) is 5.78. The molecule has 3 rings (SSSR count). The maximum absolute atomic E-state index is 13.7. The fourth-order valence-electron chi connectivity index (χ4n) is 1.97. The SMILES string of the molecule is Cn1c(Nc2cc(Br)ccc2F)nc2ccccc21. The van der Waals surface area contributed by atoms with Gasteiger partial charge in [-0.2, -0.15) is 0 Å². The molecule has 96 valence electrons. The monoisotopic (exact) mass is 319 g/mol. The zero-order chi connectivity index (χ0) is 13.4. The summed E-state index contributed by atoms with van der Waals surface area (Å²) in [6.07, 6.45) is 0. The van der Waals surface area contributed by atoms with Gasteiger partial charge in [-0.15, -0.1) is 0 Å². The fraction of sp³-hybridized carbons (Fsp3) is 0.0714. The van der Waals surface area contributed by atoms with Crippen molar-refractivity contribution in [3.63, 3.8) is 0 Å². The highest BCUT2D eigenvalue weighted by molar-refractivity contribution is 9.10. The van der Waals surface area contributed by atoms with Crippen LogP contribution >= 0.6 is 15.9 Å². The maximum Gasteiger partial charge on any atom is 0.208 e. The lowest BCUT2D eigenvalue weighted by Crippen LogP contribution is -2.00. The zero-order valence-corrected chi connectivity index (χ0v) is 11.8. The maximum atomic E-state index is 13.7. The number of hydrogen-bond acceptors (Lipinski definition) is 2. The van der Waals surface area contributed by atoms with Crippen molar-refractivity contribution in [2.75, 3.05) is 5.32 Å². The minimum absolute atomic E-state index is 0.310. The summed E-state index contributed by atoms with van der Waals surface area (Å²) >= 11 is 3.33. The minimum Gasteiger partial charge on any atom is -0.323 e. The third-order valence-electron chi connectivity index (χ3n) is 2.96. The molecule has 0 amide bonds. The van der Waals surface area contributed by atoms with E-state index in [-0.39, 0.29) is 5.82 Å². The van der Waals surface area contributed by atoms with Crippen LogP contribution in [0.1, 0.15) is 0 Å². The third kappa shape index (κ3) is 2.21. The third-order valence-corrected chi connectivity index (χ3v) is 3.46. The van der Waals surface area contributed by atoms with Gasteiger partial charge >= 0.3 is 0 Å². The first-order valence-corrected chi connectivity index (χ1v) is 6.58. The first-order chi connectivity index (χ1) is 9.15. The van der Waals surface area contributed by atoms with E-state index < -0.39 is 0 Å². The number of benzene rings is 2. The first kappa shape index (κ1) is 12.2. The second kappa shape index (κ2) is 4.66. The molecule has 0 aliphatic rings. The van der Waals surface area contributed by atoms with E-state index >= 15 is 0 Å². The number of rotatable bonds is 2. The van der Waals surface area contributed by atoms with E-state index in [0.29, 0.717) is 11.6 Å². The lowest BCUT2D eigenvalue weighted by molar-refractivity contribution is 0.631. The van der Waals surface area contributed by atoms with E-state index in [9.17, 15) is 4.39 Å². The summed E-state index contributed by atoms with van der Waals surface area (Å²) in [4.78, 5) is 4.45. The van der Waals surface area contributed by atoms with E-state index in [1.807, 2.05) is 35.9 Å². The van der Waals surface area contributed by atoms with Crippen LogP contribution in [0.4, 0.5) is 16.0 Å². The van der Waals surface area contributed by atoms with Gasteiger partial charge in [0.1, 0.15) is 5.82 Å². The zero-order valence-electron chi connectivity index (χ0n) is 10.2. The molecule has 3 nitrogen and oxygen atoms in total. The predicted molar refractivity (Wildman–Crippen MR) is 78.1 cm³/mol. The van der Waals surface area contributed by atoms with Gasteiger partial charge in [-0.3, -0.25) is 0 Å². The molecule has 5 heteroatoms. The Hall–Kier alpha value is -1.88. The van der Waals surface area contributed by atoms with Crippen molar-refractivity contribution in [3.8, 4) is 0 Å². The summed E-state index contributed by atoms with van der Waals surface area (Å²) < 4.78 is 16.4. The summed E-state index contributed by atoms with van der Waals surface area (Å²) in [5, 5.41) is 3.02. The van der Waals surface area contributed by atoms with Crippen molar-refractivity contribution in [3.05, 3.63) is 52.8 Å². The molecule has 1 N–H and O–H groups in total. The van der Waals surface area contributed by atoms with Gasteiger partial charge in [0.05, 0.1) is 16.7 Å². The van der Waals surface area contributed by atoms with Crippen LogP contribution in [0.3, 0.4) is 0 Å². The molecule has 3 aromatic rings. The molecule has 1 heterocycles. The number of fused-ring (bicyclic) bond motifs is 1. The highest BCUT2D eigenvalue weighted by Gasteiger charge is 2.09. The Bertz CT molecular complexity index is 752. The second-order valence-electron chi connectivity index (χ2n) is 4.23. The van der Waals surface area contributed by atoms with Gasteiger partial charge in [0.2, 0.25) is 5.95 Å². The largest absolute Gasteiger partial charge is 0.323 e. The van der Waals surface area contributed by atoms with E-state index in [1.54, 1.807) is 12.1 Å². The summed E-state index contributed by atoms with van der Waals surface area (Å²) in [6, 6.07) is 12.5. The van der Waals surface area contributed by atoms with Crippen molar-refractivity contribution in [1.29, 1.82) is 0 Å². The van der Waals surface area contributed by atoms with Crippen molar-refractivity contribution in [1.82, 2.24) is 9.55 Å². The van der Waals surface area contributed by atoms with Crippen LogP contribution in [0, 0.1) is 5.82 Å². The highest BCUT2D eigenvalue weighted by atomic mass is 79.9. The Morgan fingerprint density at radius 3 is 2.79 bits per heavy atom. The van der Waals surface area contributed by atoms with E-state index in [2.05, 4.69) is 26.2 Å². The number of hydrogen-bond donors (Lipinski definition) is 1. The van der Waals surface area contributed by atoms with E-state index in [0.717, 1.165) is 15.5 Å². The van der Waals surface area contributed by atoms with Gasteiger partial charge < -0.3 is 9.88 Å². The molecule has 0 aliphatic heterocycles. The second-order valence-corrected chi connectivity index (χ2v) is 5.15. The van der Waals surface area contributed by atoms with Crippen molar-refractivity contribution in [2.45, 2.75) is 0 Å². The molecule has 0 atom stereocenters. The van der Waals surface area contributed by atoms with Crippen LogP contribution in [0.5, 0.6) is 0 Å². The van der Waals surface area contributed by atoms with Gasteiger partial charge in [0.25, 0.3) is 0 Å². The standard InChI is InChI=1S/C14H11BrFN3/c1-19-13-5-3-2-4-11(13)17-14(19)18-12-8-9(15)6-7-10(12)16/h2-8H,1H3,(H,17,18). The molecular formula is C14H11BrFN3. The minimum atomic E-state index is -0.310. The smallest absolute Gasteiger partial charge is 0.208 e. The average Bonchev–Trinajstić information content (AvgIpc) is 2.72. The topological polar surface area (TPSA) is 29.9 Å². The lowest BCUT2D eigenvalue weighted by Gasteiger charge is -2.07. The van der Waals surface area contributed by atoms with Crippen LogP contribution in [0.25, 0.3) is 11.0 Å². The van der Waals surface area contributed by atoms with E-state index in [1.165, 1.54) is 6.07 Å². The Morgan fingerprint density at radius 2 is 2.00 bits per heavy atom. The number of aryl methyl sites for hydroxylation is 1. The molecule has 0 spiro atoms. The van der Waals surface area contributed by atoms with Crippen LogP contribution in [0.15, 0.2) is 46.9 Å². The van der Waals surface area contributed by atoms with Crippen LogP contribution in [-0.4, -0.2) is 9.55 Å². The normalized spacial score (nSPS) is 10.9. The summed E-state index contributed by atoms with van der Waals surface area (Å²) in [5.41, 5.74) is 2.27. The number of halogens is 2. The van der Waals surface area contributed by atoms with Crippen molar-refractivity contribution in [2.24, 2.45) is 7.05 Å². The summed E-state index contributed by atoms with van der Waals surface area (Å²) in [5.74, 6) is 0.299. The van der Waals surface area contributed by atoms with Crippen LogP contribution in [-0.2, 0) is 7.05 Å². The summed E-state index contributed by atoms with van der Waals surface area (Å²) in [7, 11) is 1.90. The van der Waals surface area contributed by atoms with Crippen LogP contribution in [0.2, 0.25) is 0 Å². The fourth-order valence-corrected chi connectivity index (χ4v) is 2.33. The van der Waals surface area contributed by atoms with Crippen molar-refractivity contribution >= 4 is 38.6 Å². The van der Waals surface area contributed by atoms with Crippen molar-refractivity contribution < 1.29 is 4.39 Å². The molecule has 0 aliphatic carbocycles. The van der Waals surface area contributed by atoms with Gasteiger partial charge in [0.15, 0.2) is 0 Å². The van der Waals surface area contributed by atoms with Crippen LogP contribution < -0.4 is 5.32 Å². The summed E-state index contributed by atoms with van der Waals surface area (Å²) in [6.45, 7) is 0. The highest BCUT2D eigenvalue weighted by Crippen LogP contribution is 2.25. The van der Waals surface area contributed by atoms with Gasteiger partial charge in [-0.25, -0.2) is 9.37 Å². The molecule has 0 fully saturated rings. The molecule has 19 heavy (non-hydrogen) atoms. The molecule has 0 saturated carbocycles. The van der Waals surface area contributed by atoms with E-state index in [4.69, 9.17) is 0 Å². The van der Waals surface area contributed by atoms with Gasteiger partial charge in [0, 0.05) is 11.5 Å². The Kier molecular flexibility index (Phi) is 2.98.